The van der Waals surface area contributed by atoms with Crippen molar-refractivity contribution in [2.24, 2.45) is 0 Å². The second-order valence-corrected chi connectivity index (χ2v) is 5.30. The zero-order valence-corrected chi connectivity index (χ0v) is 10.5. The molecule has 1 aromatic carbocycles. The highest BCUT2D eigenvalue weighted by atomic mass is 79.9. The average molecular weight is 283 g/mol. The third kappa shape index (κ3) is 2.91. The normalized spacial score (nSPS) is 10.5. The number of aliphatic hydroxyl groups excluding tert-OH is 1. The number of rotatable bonds is 3. The van der Waals surface area contributed by atoms with Crippen molar-refractivity contribution in [3.63, 3.8) is 0 Å². The number of thiophene rings is 1. The van der Waals surface area contributed by atoms with Crippen LogP contribution in [0.25, 0.3) is 0 Å². The molecule has 0 saturated carbocycles. The Bertz CT molecular complexity index is 450. The number of hydrogen-bond acceptors (Lipinski definition) is 2. The fourth-order valence-electron chi connectivity index (χ4n) is 1.48. The molecule has 1 N–H and O–H groups in total. The minimum atomic E-state index is 0.142. The molecule has 0 bridgehead atoms. The van der Waals surface area contributed by atoms with Gasteiger partial charge in [0.2, 0.25) is 0 Å². The molecule has 0 spiro atoms. The third-order valence-electron chi connectivity index (χ3n) is 2.16. The van der Waals surface area contributed by atoms with Crippen LogP contribution in [0.15, 0.2) is 40.2 Å². The predicted molar refractivity (Wildman–Crippen MR) is 67.2 cm³/mol. The van der Waals surface area contributed by atoms with Crippen molar-refractivity contribution in [2.75, 3.05) is 0 Å². The molecule has 78 valence electrons. The predicted octanol–water partition coefficient (Wildman–Crippen LogP) is 3.59. The molecule has 0 fully saturated rings. The van der Waals surface area contributed by atoms with Crippen molar-refractivity contribution in [1.29, 1.82) is 0 Å². The molecule has 2 aromatic rings. The lowest BCUT2D eigenvalue weighted by Gasteiger charge is -1.99. The van der Waals surface area contributed by atoms with Crippen LogP contribution in [0.4, 0.5) is 0 Å². The quantitative estimate of drug-likeness (QED) is 0.912. The zero-order valence-electron chi connectivity index (χ0n) is 8.11. The van der Waals surface area contributed by atoms with Gasteiger partial charge in [-0.2, -0.15) is 0 Å². The van der Waals surface area contributed by atoms with Crippen LogP contribution >= 0.6 is 27.3 Å². The van der Waals surface area contributed by atoms with Crippen LogP contribution in [-0.2, 0) is 13.0 Å². The highest BCUT2D eigenvalue weighted by Crippen LogP contribution is 2.19. The maximum Gasteiger partial charge on any atom is 0.0774 e. The molecule has 0 atom stereocenters. The maximum absolute atomic E-state index is 8.96. The van der Waals surface area contributed by atoms with E-state index in [4.69, 9.17) is 5.11 Å². The van der Waals surface area contributed by atoms with E-state index in [1.807, 2.05) is 12.1 Å². The molecule has 3 heteroatoms. The number of halogens is 1. The zero-order chi connectivity index (χ0) is 10.7. The molecule has 0 aliphatic heterocycles. The maximum atomic E-state index is 8.96. The monoisotopic (exact) mass is 282 g/mol. The molecule has 0 amide bonds. The van der Waals surface area contributed by atoms with E-state index >= 15 is 0 Å². The van der Waals surface area contributed by atoms with Crippen LogP contribution in [0, 0.1) is 0 Å². The lowest BCUT2D eigenvalue weighted by molar-refractivity contribution is 0.285. The molecule has 1 heterocycles. The van der Waals surface area contributed by atoms with E-state index in [0.29, 0.717) is 0 Å². The van der Waals surface area contributed by atoms with Crippen molar-refractivity contribution in [1.82, 2.24) is 0 Å². The summed E-state index contributed by atoms with van der Waals surface area (Å²) in [6.07, 6.45) is 0.927. The van der Waals surface area contributed by atoms with Crippen molar-refractivity contribution >= 4 is 27.3 Å². The Kier molecular flexibility index (Phi) is 3.57. The molecule has 0 saturated heterocycles. The summed E-state index contributed by atoms with van der Waals surface area (Å²) in [6.45, 7) is 0.142. The third-order valence-corrected chi connectivity index (χ3v) is 3.62. The van der Waals surface area contributed by atoms with Gasteiger partial charge in [0.05, 0.1) is 6.61 Å². The fourth-order valence-corrected chi connectivity index (χ4v) is 2.68. The van der Waals surface area contributed by atoms with Crippen molar-refractivity contribution < 1.29 is 5.11 Å². The lowest BCUT2D eigenvalue weighted by atomic mass is 10.1. The first-order valence-corrected chi connectivity index (χ1v) is 6.37. The van der Waals surface area contributed by atoms with Gasteiger partial charge in [-0.05, 0) is 41.1 Å². The van der Waals surface area contributed by atoms with Crippen LogP contribution in [0.3, 0.4) is 0 Å². The van der Waals surface area contributed by atoms with Crippen molar-refractivity contribution in [3.05, 3.63) is 56.2 Å². The Balaban J connectivity index is 2.14. The first-order valence-electron chi connectivity index (χ1n) is 4.69. The Labute approximate surface area is 102 Å². The van der Waals surface area contributed by atoms with E-state index in [1.165, 1.54) is 11.1 Å². The van der Waals surface area contributed by atoms with E-state index in [0.717, 1.165) is 15.8 Å². The Morgan fingerprint density at radius 3 is 2.73 bits per heavy atom. The summed E-state index contributed by atoms with van der Waals surface area (Å²) in [5.41, 5.74) is 2.55. The minimum absolute atomic E-state index is 0.142. The van der Waals surface area contributed by atoms with Crippen molar-refractivity contribution in [3.8, 4) is 0 Å². The minimum Gasteiger partial charge on any atom is -0.391 e. The molecule has 15 heavy (non-hydrogen) atoms. The van der Waals surface area contributed by atoms with Gasteiger partial charge in [0.25, 0.3) is 0 Å². The molecule has 2 rings (SSSR count). The average Bonchev–Trinajstić information content (AvgIpc) is 2.65. The molecular weight excluding hydrogens is 272 g/mol. The molecule has 0 unspecified atom stereocenters. The highest BCUT2D eigenvalue weighted by molar-refractivity contribution is 9.10. The van der Waals surface area contributed by atoms with E-state index in [1.54, 1.807) is 11.3 Å². The van der Waals surface area contributed by atoms with Gasteiger partial charge in [-0.25, -0.2) is 0 Å². The summed E-state index contributed by atoms with van der Waals surface area (Å²) in [5, 5.41) is 11.1. The number of hydrogen-bond donors (Lipinski definition) is 1. The van der Waals surface area contributed by atoms with Gasteiger partial charge < -0.3 is 5.11 Å². The van der Waals surface area contributed by atoms with Crippen molar-refractivity contribution in [2.45, 2.75) is 13.0 Å². The summed E-state index contributed by atoms with van der Waals surface area (Å²) < 4.78 is 1.11. The van der Waals surface area contributed by atoms with Gasteiger partial charge in [0, 0.05) is 9.35 Å². The molecule has 0 radical (unpaired) electrons. The van der Waals surface area contributed by atoms with Gasteiger partial charge in [0.1, 0.15) is 0 Å². The van der Waals surface area contributed by atoms with Gasteiger partial charge in [-0.15, -0.1) is 11.3 Å². The van der Waals surface area contributed by atoms with Gasteiger partial charge in [0.15, 0.2) is 0 Å². The first kappa shape index (κ1) is 10.9. The van der Waals surface area contributed by atoms with E-state index in [9.17, 15) is 0 Å². The SMILES string of the molecule is OCc1cc(Cc2cccc(Br)c2)cs1. The van der Waals surface area contributed by atoms with Crippen LogP contribution in [-0.4, -0.2) is 5.11 Å². The van der Waals surface area contributed by atoms with E-state index in [2.05, 4.69) is 39.5 Å². The number of aliphatic hydroxyl groups is 1. The lowest BCUT2D eigenvalue weighted by Crippen LogP contribution is -1.85. The molecule has 1 nitrogen and oxygen atoms in total. The van der Waals surface area contributed by atoms with E-state index < -0.39 is 0 Å². The summed E-state index contributed by atoms with van der Waals surface area (Å²) in [4.78, 5) is 1.03. The van der Waals surface area contributed by atoms with Gasteiger partial charge >= 0.3 is 0 Å². The Hall–Kier alpha value is -0.640. The fraction of sp³-hybridized carbons (Fsp3) is 0.167. The summed E-state index contributed by atoms with van der Waals surface area (Å²) in [7, 11) is 0. The molecule has 0 aliphatic carbocycles. The molecule has 1 aromatic heterocycles. The number of benzene rings is 1. The van der Waals surface area contributed by atoms with Gasteiger partial charge in [-0.1, -0.05) is 28.1 Å². The second-order valence-electron chi connectivity index (χ2n) is 3.39. The summed E-state index contributed by atoms with van der Waals surface area (Å²) in [6, 6.07) is 10.4. The molecule has 0 aliphatic rings. The largest absolute Gasteiger partial charge is 0.391 e. The Morgan fingerprint density at radius 2 is 2.07 bits per heavy atom. The van der Waals surface area contributed by atoms with Crippen LogP contribution in [0.1, 0.15) is 16.0 Å². The van der Waals surface area contributed by atoms with Crippen LogP contribution in [0.5, 0.6) is 0 Å². The van der Waals surface area contributed by atoms with Gasteiger partial charge in [-0.3, -0.25) is 0 Å². The smallest absolute Gasteiger partial charge is 0.0774 e. The second kappa shape index (κ2) is 4.92. The summed E-state index contributed by atoms with van der Waals surface area (Å²) >= 11 is 5.07. The summed E-state index contributed by atoms with van der Waals surface area (Å²) in [5.74, 6) is 0. The van der Waals surface area contributed by atoms with Crippen LogP contribution in [0.2, 0.25) is 0 Å². The van der Waals surface area contributed by atoms with E-state index in [-0.39, 0.29) is 6.61 Å². The standard InChI is InChI=1S/C12H11BrOS/c13-11-3-1-2-9(5-11)4-10-6-12(7-14)15-8-10/h1-3,5-6,8,14H,4,7H2. The highest BCUT2D eigenvalue weighted by Gasteiger charge is 2.00. The molecular formula is C12H11BrOS. The topological polar surface area (TPSA) is 20.2 Å². The Morgan fingerprint density at radius 1 is 1.20 bits per heavy atom. The van der Waals surface area contributed by atoms with Crippen LogP contribution < -0.4 is 0 Å². The first-order chi connectivity index (χ1) is 7.28.